The van der Waals surface area contributed by atoms with E-state index in [2.05, 4.69) is 10.3 Å². The van der Waals surface area contributed by atoms with Gasteiger partial charge in [-0.3, -0.25) is 9.59 Å². The molecule has 0 radical (unpaired) electrons. The Morgan fingerprint density at radius 2 is 1.84 bits per heavy atom. The van der Waals surface area contributed by atoms with Crippen molar-refractivity contribution in [2.24, 2.45) is 0 Å². The summed E-state index contributed by atoms with van der Waals surface area (Å²) in [5, 5.41) is 3.10. The maximum absolute atomic E-state index is 13.1. The largest absolute Gasteiger partial charge is 0.465 e. The van der Waals surface area contributed by atoms with E-state index in [0.29, 0.717) is 61.3 Å². The zero-order valence-corrected chi connectivity index (χ0v) is 18.5. The first-order chi connectivity index (χ1) is 14.9. The highest BCUT2D eigenvalue weighted by molar-refractivity contribution is 6.00. The van der Waals surface area contributed by atoms with E-state index < -0.39 is 5.97 Å². The minimum atomic E-state index is -0.429. The number of hydrogen-bond acceptors (Lipinski definition) is 4. The Balaban J connectivity index is 1.53. The van der Waals surface area contributed by atoms with Gasteiger partial charge in [0.25, 0.3) is 5.91 Å². The van der Waals surface area contributed by atoms with Crippen LogP contribution in [0.2, 0.25) is 0 Å². The van der Waals surface area contributed by atoms with Crippen LogP contribution in [0.4, 0.5) is 0 Å². The van der Waals surface area contributed by atoms with Gasteiger partial charge in [-0.2, -0.15) is 0 Å². The fourth-order valence-corrected chi connectivity index (χ4v) is 4.10. The predicted molar refractivity (Wildman–Crippen MR) is 118 cm³/mol. The van der Waals surface area contributed by atoms with Gasteiger partial charge in [-0.25, -0.2) is 4.79 Å². The van der Waals surface area contributed by atoms with E-state index in [9.17, 15) is 14.4 Å². The van der Waals surface area contributed by atoms with E-state index in [-0.39, 0.29) is 17.9 Å². The summed E-state index contributed by atoms with van der Waals surface area (Å²) < 4.78 is 4.87. The number of aromatic nitrogens is 1. The van der Waals surface area contributed by atoms with Crippen molar-refractivity contribution in [1.29, 1.82) is 0 Å². The van der Waals surface area contributed by atoms with Gasteiger partial charge in [-0.15, -0.1) is 0 Å². The number of esters is 1. The summed E-state index contributed by atoms with van der Waals surface area (Å²) in [5.74, 6) is -0.498. The highest BCUT2D eigenvalue weighted by atomic mass is 16.5. The molecule has 31 heavy (non-hydrogen) atoms. The average Bonchev–Trinajstić information content (AvgIpc) is 3.14. The van der Waals surface area contributed by atoms with Crippen LogP contribution in [0.15, 0.2) is 30.3 Å². The van der Waals surface area contributed by atoms with Crippen LogP contribution in [0.5, 0.6) is 0 Å². The molecule has 1 aromatic carbocycles. The number of amides is 2. The summed E-state index contributed by atoms with van der Waals surface area (Å²) in [6.45, 7) is 4.83. The fraction of sp³-hybridized carbons (Fsp3) is 0.458. The summed E-state index contributed by atoms with van der Waals surface area (Å²) >= 11 is 0. The van der Waals surface area contributed by atoms with E-state index in [1.807, 2.05) is 37.3 Å². The first kappa shape index (κ1) is 22.6. The average molecular weight is 426 g/mol. The second kappa shape index (κ2) is 10.3. The SMILES string of the molecule is CCc1[nH]c(C(=O)N2CCC(NC(=O)CCc3ccccc3)CC2)c(C)c1C(=O)OC. The number of nitrogens with zero attached hydrogens (tertiary/aromatic N) is 1. The summed E-state index contributed by atoms with van der Waals surface area (Å²) in [4.78, 5) is 42.4. The molecule has 2 heterocycles. The number of aromatic amines is 1. The summed E-state index contributed by atoms with van der Waals surface area (Å²) in [6, 6.07) is 10.0. The molecule has 1 aliphatic rings. The van der Waals surface area contributed by atoms with Crippen molar-refractivity contribution >= 4 is 17.8 Å². The standard InChI is InChI=1S/C24H31N3O4/c1-4-19-21(24(30)31-3)16(2)22(26-19)23(29)27-14-12-18(13-15-27)25-20(28)11-10-17-8-6-5-7-9-17/h5-9,18,26H,4,10-15H2,1-3H3,(H,25,28). The van der Waals surface area contributed by atoms with Crippen LogP contribution in [0, 0.1) is 6.92 Å². The molecule has 0 bridgehead atoms. The maximum atomic E-state index is 13.1. The third-order valence-electron chi connectivity index (χ3n) is 5.92. The third kappa shape index (κ3) is 5.34. The first-order valence-electron chi connectivity index (χ1n) is 10.9. The Labute approximate surface area is 183 Å². The second-order valence-electron chi connectivity index (χ2n) is 7.94. The van der Waals surface area contributed by atoms with E-state index in [0.717, 1.165) is 12.0 Å². The topological polar surface area (TPSA) is 91.5 Å². The molecule has 0 saturated carbocycles. The molecule has 1 aromatic heterocycles. The molecule has 0 aliphatic carbocycles. The van der Waals surface area contributed by atoms with Gasteiger partial charge in [0.05, 0.1) is 12.7 Å². The molecule has 2 N–H and O–H groups in total. The summed E-state index contributed by atoms with van der Waals surface area (Å²) in [7, 11) is 1.34. The Hall–Kier alpha value is -3.09. The minimum absolute atomic E-state index is 0.0455. The molecule has 0 spiro atoms. The van der Waals surface area contributed by atoms with Crippen LogP contribution < -0.4 is 5.32 Å². The van der Waals surface area contributed by atoms with Crippen LogP contribution in [-0.2, 0) is 22.4 Å². The summed E-state index contributed by atoms with van der Waals surface area (Å²) in [5.41, 5.74) is 3.40. The van der Waals surface area contributed by atoms with Gasteiger partial charge in [-0.1, -0.05) is 37.3 Å². The van der Waals surface area contributed by atoms with Crippen molar-refractivity contribution in [3.63, 3.8) is 0 Å². The van der Waals surface area contributed by atoms with Crippen molar-refractivity contribution in [3.8, 4) is 0 Å². The van der Waals surface area contributed by atoms with Crippen molar-refractivity contribution in [2.45, 2.75) is 52.0 Å². The monoisotopic (exact) mass is 425 g/mol. The number of rotatable bonds is 7. The highest BCUT2D eigenvalue weighted by Gasteiger charge is 2.29. The van der Waals surface area contributed by atoms with E-state index in [1.165, 1.54) is 7.11 Å². The van der Waals surface area contributed by atoms with Crippen molar-refractivity contribution in [2.75, 3.05) is 20.2 Å². The summed E-state index contributed by atoms with van der Waals surface area (Å²) in [6.07, 6.45) is 3.22. The van der Waals surface area contributed by atoms with Crippen LogP contribution in [-0.4, -0.2) is 53.9 Å². The van der Waals surface area contributed by atoms with E-state index >= 15 is 0 Å². The quantitative estimate of drug-likeness (QED) is 0.667. The lowest BCUT2D eigenvalue weighted by molar-refractivity contribution is -0.122. The number of methoxy groups -OCH3 is 1. The Bertz CT molecular complexity index is 928. The number of carbonyl (C=O) groups excluding carboxylic acids is 3. The molecule has 3 rings (SSSR count). The normalized spacial score (nSPS) is 14.4. The number of H-pyrrole nitrogens is 1. The van der Waals surface area contributed by atoms with Gasteiger partial charge in [0.1, 0.15) is 5.69 Å². The van der Waals surface area contributed by atoms with Crippen molar-refractivity contribution in [3.05, 3.63) is 58.4 Å². The number of benzene rings is 1. The molecule has 1 aliphatic heterocycles. The lowest BCUT2D eigenvalue weighted by Gasteiger charge is -2.32. The van der Waals surface area contributed by atoms with Gasteiger partial charge < -0.3 is 19.9 Å². The predicted octanol–water partition coefficient (Wildman–Crippen LogP) is 3.03. The fourth-order valence-electron chi connectivity index (χ4n) is 4.10. The van der Waals surface area contributed by atoms with Gasteiger partial charge in [0, 0.05) is 31.2 Å². The van der Waals surface area contributed by atoms with Gasteiger partial charge >= 0.3 is 5.97 Å². The van der Waals surface area contributed by atoms with Crippen LogP contribution >= 0.6 is 0 Å². The Morgan fingerprint density at radius 1 is 1.16 bits per heavy atom. The number of aryl methyl sites for hydroxylation is 2. The molecule has 1 saturated heterocycles. The number of nitrogens with one attached hydrogen (secondary N) is 2. The highest BCUT2D eigenvalue weighted by Crippen LogP contribution is 2.23. The van der Waals surface area contributed by atoms with E-state index in [1.54, 1.807) is 11.8 Å². The molecule has 1 fully saturated rings. The number of hydrogen-bond donors (Lipinski definition) is 2. The lowest BCUT2D eigenvalue weighted by Crippen LogP contribution is -2.46. The molecule has 7 heteroatoms. The van der Waals surface area contributed by atoms with Crippen LogP contribution in [0.25, 0.3) is 0 Å². The zero-order chi connectivity index (χ0) is 22.4. The molecule has 0 unspecified atom stereocenters. The van der Waals surface area contributed by atoms with Gasteiger partial charge in [0.15, 0.2) is 0 Å². The molecular formula is C24H31N3O4. The first-order valence-corrected chi connectivity index (χ1v) is 10.9. The zero-order valence-electron chi connectivity index (χ0n) is 18.5. The molecule has 7 nitrogen and oxygen atoms in total. The van der Waals surface area contributed by atoms with Crippen molar-refractivity contribution < 1.29 is 19.1 Å². The van der Waals surface area contributed by atoms with Crippen molar-refractivity contribution in [1.82, 2.24) is 15.2 Å². The number of likely N-dealkylation sites (tertiary alicyclic amines) is 1. The molecular weight excluding hydrogens is 394 g/mol. The second-order valence-corrected chi connectivity index (χ2v) is 7.94. The molecule has 2 aromatic rings. The molecule has 2 amide bonds. The van der Waals surface area contributed by atoms with Gasteiger partial charge in [0.2, 0.25) is 5.91 Å². The van der Waals surface area contributed by atoms with Crippen LogP contribution in [0.3, 0.4) is 0 Å². The van der Waals surface area contributed by atoms with Gasteiger partial charge in [-0.05, 0) is 43.7 Å². The Morgan fingerprint density at radius 3 is 2.45 bits per heavy atom. The lowest BCUT2D eigenvalue weighted by atomic mass is 10.0. The minimum Gasteiger partial charge on any atom is -0.465 e. The third-order valence-corrected chi connectivity index (χ3v) is 5.92. The molecule has 166 valence electrons. The van der Waals surface area contributed by atoms with Crippen LogP contribution in [0.1, 0.15) is 63.9 Å². The molecule has 0 atom stereocenters. The number of piperidine rings is 1. The van der Waals surface area contributed by atoms with E-state index in [4.69, 9.17) is 4.74 Å². The maximum Gasteiger partial charge on any atom is 0.339 e. The number of ether oxygens (including phenoxy) is 1. The smallest absolute Gasteiger partial charge is 0.339 e. The number of carbonyl (C=O) groups is 3. The Kier molecular flexibility index (Phi) is 7.50.